The third kappa shape index (κ3) is 3.64. The highest BCUT2D eigenvalue weighted by molar-refractivity contribution is 5.68. The van der Waals surface area contributed by atoms with Crippen LogP contribution in [0.5, 0.6) is 5.75 Å². The predicted molar refractivity (Wildman–Crippen MR) is 113 cm³/mol. The Kier molecular flexibility index (Phi) is 5.12. The van der Waals surface area contributed by atoms with Gasteiger partial charge in [0, 0.05) is 17.2 Å². The molecule has 0 bridgehead atoms. The van der Waals surface area contributed by atoms with Gasteiger partial charge in [0.15, 0.2) is 5.76 Å². The second-order valence-electron chi connectivity index (χ2n) is 7.91. The average Bonchev–Trinajstić information content (AvgIpc) is 3.35. The van der Waals surface area contributed by atoms with Crippen LogP contribution < -0.4 is 4.74 Å². The first-order valence-electron chi connectivity index (χ1n) is 9.93. The summed E-state index contributed by atoms with van der Waals surface area (Å²) in [6.07, 6.45) is 3.93. The standard InChI is InChI=1S/C24H25N3O2/c1-15(2)28-22-11-8-16(12-17(22)13-25)24-26-14-23(29-24)20-7-5-6-19-18(20)9-10-21(19)27(3)4/h5-8,11-12,14-15,21H,9-10H2,1-4H3/t21-/m1/s1. The van der Waals surface area contributed by atoms with Crippen LogP contribution in [0.1, 0.15) is 43.0 Å². The molecule has 29 heavy (non-hydrogen) atoms. The summed E-state index contributed by atoms with van der Waals surface area (Å²) in [5.74, 6) is 1.85. The van der Waals surface area contributed by atoms with Crippen LogP contribution in [-0.2, 0) is 6.42 Å². The lowest BCUT2D eigenvalue weighted by Crippen LogP contribution is -2.17. The van der Waals surface area contributed by atoms with E-state index < -0.39 is 0 Å². The fourth-order valence-electron chi connectivity index (χ4n) is 4.04. The van der Waals surface area contributed by atoms with E-state index in [9.17, 15) is 5.26 Å². The predicted octanol–water partition coefficient (Wildman–Crippen LogP) is 5.22. The molecule has 0 N–H and O–H groups in total. The number of hydrogen-bond acceptors (Lipinski definition) is 5. The minimum Gasteiger partial charge on any atom is -0.490 e. The van der Waals surface area contributed by atoms with Gasteiger partial charge in [0.1, 0.15) is 11.8 Å². The number of nitrogens with zero attached hydrogens (tertiary/aromatic N) is 3. The number of nitriles is 1. The van der Waals surface area contributed by atoms with Crippen LogP contribution in [0.25, 0.3) is 22.8 Å². The Morgan fingerprint density at radius 1 is 1.24 bits per heavy atom. The molecule has 5 heteroatoms. The highest BCUT2D eigenvalue weighted by Crippen LogP contribution is 2.40. The van der Waals surface area contributed by atoms with Crippen LogP contribution in [0.4, 0.5) is 0 Å². The summed E-state index contributed by atoms with van der Waals surface area (Å²) >= 11 is 0. The monoisotopic (exact) mass is 387 g/mol. The van der Waals surface area contributed by atoms with Gasteiger partial charge in [-0.25, -0.2) is 4.98 Å². The fraction of sp³-hybridized carbons (Fsp3) is 0.333. The lowest BCUT2D eigenvalue weighted by Gasteiger charge is -2.20. The number of hydrogen-bond donors (Lipinski definition) is 0. The Morgan fingerprint density at radius 2 is 2.07 bits per heavy atom. The molecule has 2 aromatic carbocycles. The highest BCUT2D eigenvalue weighted by atomic mass is 16.5. The van der Waals surface area contributed by atoms with Crippen LogP contribution in [-0.4, -0.2) is 30.1 Å². The van der Waals surface area contributed by atoms with E-state index in [1.807, 2.05) is 19.9 Å². The van der Waals surface area contributed by atoms with E-state index in [1.165, 1.54) is 11.1 Å². The molecule has 0 amide bonds. The third-order valence-electron chi connectivity index (χ3n) is 5.34. The molecule has 5 nitrogen and oxygen atoms in total. The maximum absolute atomic E-state index is 9.48. The smallest absolute Gasteiger partial charge is 0.226 e. The van der Waals surface area contributed by atoms with Crippen molar-refractivity contribution in [3.8, 4) is 34.6 Å². The van der Waals surface area contributed by atoms with Gasteiger partial charge in [0.25, 0.3) is 0 Å². The Morgan fingerprint density at radius 3 is 2.79 bits per heavy atom. The van der Waals surface area contributed by atoms with Crippen molar-refractivity contribution in [3.63, 3.8) is 0 Å². The van der Waals surface area contributed by atoms with Gasteiger partial charge < -0.3 is 14.1 Å². The van der Waals surface area contributed by atoms with Crippen molar-refractivity contribution in [2.75, 3.05) is 14.1 Å². The largest absolute Gasteiger partial charge is 0.490 e. The topological polar surface area (TPSA) is 62.3 Å². The number of rotatable bonds is 5. The van der Waals surface area contributed by atoms with Crippen LogP contribution in [0.2, 0.25) is 0 Å². The first-order valence-corrected chi connectivity index (χ1v) is 9.93. The van der Waals surface area contributed by atoms with Gasteiger partial charge in [-0.3, -0.25) is 0 Å². The van der Waals surface area contributed by atoms with Crippen molar-refractivity contribution in [2.45, 2.75) is 38.8 Å². The van der Waals surface area contributed by atoms with Crippen LogP contribution in [0.15, 0.2) is 47.0 Å². The molecular weight excluding hydrogens is 362 g/mol. The lowest BCUT2D eigenvalue weighted by molar-refractivity contribution is 0.242. The summed E-state index contributed by atoms with van der Waals surface area (Å²) in [6, 6.07) is 14.5. The molecule has 148 valence electrons. The molecule has 0 aliphatic heterocycles. The first kappa shape index (κ1) is 19.2. The molecule has 1 aliphatic rings. The van der Waals surface area contributed by atoms with Gasteiger partial charge >= 0.3 is 0 Å². The minimum absolute atomic E-state index is 0.00691. The Balaban J connectivity index is 1.68. The molecule has 1 heterocycles. The maximum atomic E-state index is 9.48. The minimum atomic E-state index is 0.00691. The van der Waals surface area contributed by atoms with Crippen LogP contribution >= 0.6 is 0 Å². The Hall–Kier alpha value is -3.10. The summed E-state index contributed by atoms with van der Waals surface area (Å²) in [4.78, 5) is 6.75. The van der Waals surface area contributed by atoms with E-state index in [2.05, 4.69) is 48.2 Å². The van der Waals surface area contributed by atoms with E-state index >= 15 is 0 Å². The first-order chi connectivity index (χ1) is 14.0. The molecule has 0 unspecified atom stereocenters. The Bertz CT molecular complexity index is 1080. The summed E-state index contributed by atoms with van der Waals surface area (Å²) < 4.78 is 11.8. The molecule has 0 saturated heterocycles. The molecule has 1 aromatic heterocycles. The van der Waals surface area contributed by atoms with Gasteiger partial charge in [-0.15, -0.1) is 0 Å². The van der Waals surface area contributed by atoms with E-state index in [-0.39, 0.29) is 6.10 Å². The molecule has 0 spiro atoms. The molecule has 1 aliphatic carbocycles. The van der Waals surface area contributed by atoms with Gasteiger partial charge in [0.2, 0.25) is 5.89 Å². The van der Waals surface area contributed by atoms with Crippen LogP contribution in [0.3, 0.4) is 0 Å². The normalized spacial score (nSPS) is 15.6. The highest BCUT2D eigenvalue weighted by Gasteiger charge is 2.27. The van der Waals surface area contributed by atoms with Gasteiger partial charge in [-0.05, 0) is 70.1 Å². The zero-order chi connectivity index (χ0) is 20.5. The molecule has 1 atom stereocenters. The molecule has 0 saturated carbocycles. The Labute approximate surface area is 171 Å². The number of ether oxygens (including phenoxy) is 1. The zero-order valence-electron chi connectivity index (χ0n) is 17.3. The summed E-state index contributed by atoms with van der Waals surface area (Å²) in [6.45, 7) is 3.88. The molecule has 3 aromatic rings. The maximum Gasteiger partial charge on any atom is 0.226 e. The quantitative estimate of drug-likeness (QED) is 0.601. The van der Waals surface area contributed by atoms with Crippen molar-refractivity contribution in [1.82, 2.24) is 9.88 Å². The number of aromatic nitrogens is 1. The zero-order valence-corrected chi connectivity index (χ0v) is 17.3. The van der Waals surface area contributed by atoms with E-state index in [0.717, 1.165) is 29.7 Å². The molecular formula is C24H25N3O2. The summed E-state index contributed by atoms with van der Waals surface area (Å²) in [7, 11) is 4.25. The molecule has 0 radical (unpaired) electrons. The van der Waals surface area contributed by atoms with Gasteiger partial charge in [0.05, 0.1) is 17.9 Å². The van der Waals surface area contributed by atoms with Crippen molar-refractivity contribution < 1.29 is 9.15 Å². The summed E-state index contributed by atoms with van der Waals surface area (Å²) in [5, 5.41) is 9.48. The SMILES string of the molecule is CC(C)Oc1ccc(-c2ncc(-c3cccc4c3CC[C@H]4N(C)C)o2)cc1C#N. The number of oxazole rings is 1. The van der Waals surface area contributed by atoms with E-state index in [0.29, 0.717) is 23.2 Å². The molecule has 4 rings (SSSR count). The summed E-state index contributed by atoms with van der Waals surface area (Å²) in [5.41, 5.74) is 5.05. The fourth-order valence-corrected chi connectivity index (χ4v) is 4.04. The van der Waals surface area contributed by atoms with E-state index in [1.54, 1.807) is 18.3 Å². The lowest BCUT2D eigenvalue weighted by atomic mass is 10.0. The second kappa shape index (κ2) is 7.73. The van der Waals surface area contributed by atoms with Crippen molar-refractivity contribution in [3.05, 3.63) is 59.3 Å². The van der Waals surface area contributed by atoms with Crippen molar-refractivity contribution in [1.29, 1.82) is 5.26 Å². The molecule has 0 fully saturated rings. The van der Waals surface area contributed by atoms with Crippen molar-refractivity contribution in [2.24, 2.45) is 0 Å². The van der Waals surface area contributed by atoms with Gasteiger partial charge in [-0.1, -0.05) is 18.2 Å². The number of benzene rings is 2. The average molecular weight is 387 g/mol. The van der Waals surface area contributed by atoms with Crippen molar-refractivity contribution >= 4 is 0 Å². The second-order valence-corrected chi connectivity index (χ2v) is 7.91. The number of fused-ring (bicyclic) bond motifs is 1. The van der Waals surface area contributed by atoms with Gasteiger partial charge in [-0.2, -0.15) is 5.26 Å². The third-order valence-corrected chi connectivity index (χ3v) is 5.34. The van der Waals surface area contributed by atoms with Crippen LogP contribution in [0, 0.1) is 11.3 Å². The van der Waals surface area contributed by atoms with E-state index in [4.69, 9.17) is 9.15 Å².